The van der Waals surface area contributed by atoms with E-state index in [0.29, 0.717) is 0 Å². The van der Waals surface area contributed by atoms with Crippen LogP contribution in [0.5, 0.6) is 0 Å². The Morgan fingerprint density at radius 2 is 2.06 bits per heavy atom. The zero-order valence-corrected chi connectivity index (χ0v) is 11.5. The van der Waals surface area contributed by atoms with E-state index < -0.39 is 0 Å². The molecule has 1 atom stereocenters. The summed E-state index contributed by atoms with van der Waals surface area (Å²) in [6, 6.07) is 10.9. The summed E-state index contributed by atoms with van der Waals surface area (Å²) in [6.45, 7) is 7.52. The van der Waals surface area contributed by atoms with Crippen molar-refractivity contribution in [1.29, 1.82) is 0 Å². The third-order valence-electron chi connectivity index (χ3n) is 3.74. The van der Waals surface area contributed by atoms with Crippen LogP contribution in [0, 0.1) is 0 Å². The fourth-order valence-corrected chi connectivity index (χ4v) is 2.58. The second-order valence-corrected chi connectivity index (χ2v) is 5.16. The highest BCUT2D eigenvalue weighted by Gasteiger charge is 2.22. The molecule has 0 bridgehead atoms. The Labute approximate surface area is 111 Å². The van der Waals surface area contributed by atoms with Crippen LogP contribution < -0.4 is 0 Å². The van der Waals surface area contributed by atoms with E-state index in [1.165, 1.54) is 37.9 Å². The number of hydrogen-bond donors (Lipinski definition) is 0. The molecular formula is C16H25NO. The molecule has 1 fully saturated rings. The lowest BCUT2D eigenvalue weighted by Crippen LogP contribution is -2.25. The van der Waals surface area contributed by atoms with Gasteiger partial charge in [0.25, 0.3) is 0 Å². The first-order valence-corrected chi connectivity index (χ1v) is 7.25. The van der Waals surface area contributed by atoms with Crippen LogP contribution in [0.1, 0.15) is 37.7 Å². The Balaban J connectivity index is 1.66. The second-order valence-electron chi connectivity index (χ2n) is 5.16. The summed E-state index contributed by atoms with van der Waals surface area (Å²) in [6.07, 6.45) is 3.70. The first kappa shape index (κ1) is 13.6. The SMILES string of the molecule is CCCCOCCN1CC[C@H](c2ccccc2)C1. The molecule has 2 nitrogen and oxygen atoms in total. The van der Waals surface area contributed by atoms with E-state index in [1.807, 2.05) is 0 Å². The van der Waals surface area contributed by atoms with E-state index in [4.69, 9.17) is 4.74 Å². The van der Waals surface area contributed by atoms with E-state index in [1.54, 1.807) is 0 Å². The third kappa shape index (κ3) is 4.11. The van der Waals surface area contributed by atoms with E-state index in [0.717, 1.165) is 25.7 Å². The first-order valence-electron chi connectivity index (χ1n) is 7.25. The summed E-state index contributed by atoms with van der Waals surface area (Å²) in [5.74, 6) is 0.724. The molecule has 1 heterocycles. The molecule has 0 amide bonds. The summed E-state index contributed by atoms with van der Waals surface area (Å²) < 4.78 is 5.64. The van der Waals surface area contributed by atoms with Gasteiger partial charge in [-0.3, -0.25) is 0 Å². The molecule has 2 heteroatoms. The molecule has 2 rings (SSSR count). The van der Waals surface area contributed by atoms with Crippen molar-refractivity contribution in [3.8, 4) is 0 Å². The summed E-state index contributed by atoms with van der Waals surface area (Å²) in [7, 11) is 0. The van der Waals surface area contributed by atoms with Gasteiger partial charge in [-0.25, -0.2) is 0 Å². The molecule has 0 radical (unpaired) electrons. The largest absolute Gasteiger partial charge is 0.380 e. The molecule has 100 valence electrons. The van der Waals surface area contributed by atoms with Gasteiger partial charge in [-0.2, -0.15) is 0 Å². The maximum atomic E-state index is 5.64. The van der Waals surface area contributed by atoms with E-state index in [2.05, 4.69) is 42.2 Å². The fourth-order valence-electron chi connectivity index (χ4n) is 2.58. The van der Waals surface area contributed by atoms with E-state index in [9.17, 15) is 0 Å². The molecule has 0 N–H and O–H groups in total. The molecule has 0 saturated carbocycles. The van der Waals surface area contributed by atoms with E-state index in [-0.39, 0.29) is 0 Å². The molecule has 1 saturated heterocycles. The number of nitrogens with zero attached hydrogens (tertiary/aromatic N) is 1. The first-order chi connectivity index (χ1) is 8.90. The van der Waals surface area contributed by atoms with Crippen LogP contribution in [-0.2, 0) is 4.74 Å². The summed E-state index contributed by atoms with van der Waals surface area (Å²) >= 11 is 0. The quantitative estimate of drug-likeness (QED) is 0.686. The van der Waals surface area contributed by atoms with Crippen molar-refractivity contribution in [3.05, 3.63) is 35.9 Å². The van der Waals surface area contributed by atoms with Gasteiger partial charge in [0.1, 0.15) is 0 Å². The number of rotatable bonds is 7. The molecule has 1 aromatic rings. The molecule has 0 aromatic heterocycles. The molecule has 1 aliphatic heterocycles. The van der Waals surface area contributed by atoms with Crippen LogP contribution in [-0.4, -0.2) is 37.7 Å². The highest BCUT2D eigenvalue weighted by molar-refractivity contribution is 5.20. The van der Waals surface area contributed by atoms with Crippen LogP contribution in [0.2, 0.25) is 0 Å². The summed E-state index contributed by atoms with van der Waals surface area (Å²) in [4.78, 5) is 2.53. The lowest BCUT2D eigenvalue weighted by atomic mass is 9.99. The van der Waals surface area contributed by atoms with Crippen LogP contribution in [0.15, 0.2) is 30.3 Å². The van der Waals surface area contributed by atoms with Gasteiger partial charge in [0, 0.05) is 19.7 Å². The van der Waals surface area contributed by atoms with Crippen LogP contribution in [0.25, 0.3) is 0 Å². The monoisotopic (exact) mass is 247 g/mol. The minimum Gasteiger partial charge on any atom is -0.380 e. The number of ether oxygens (including phenoxy) is 1. The van der Waals surface area contributed by atoms with Crippen molar-refractivity contribution >= 4 is 0 Å². The number of benzene rings is 1. The highest BCUT2D eigenvalue weighted by atomic mass is 16.5. The molecule has 1 aliphatic rings. The molecule has 1 aromatic carbocycles. The second kappa shape index (κ2) is 7.55. The molecule has 0 unspecified atom stereocenters. The standard InChI is InChI=1S/C16H25NO/c1-2-3-12-18-13-11-17-10-9-16(14-17)15-7-5-4-6-8-15/h4-8,16H,2-3,9-14H2,1H3/t16-/m0/s1. The summed E-state index contributed by atoms with van der Waals surface area (Å²) in [5, 5.41) is 0. The Morgan fingerprint density at radius 3 is 2.83 bits per heavy atom. The molecule has 0 aliphatic carbocycles. The van der Waals surface area contributed by atoms with Crippen molar-refractivity contribution in [2.45, 2.75) is 32.1 Å². The number of unbranched alkanes of at least 4 members (excludes halogenated alkanes) is 1. The molecule has 0 spiro atoms. The van der Waals surface area contributed by atoms with Gasteiger partial charge >= 0.3 is 0 Å². The van der Waals surface area contributed by atoms with Crippen LogP contribution >= 0.6 is 0 Å². The van der Waals surface area contributed by atoms with Gasteiger partial charge in [0.2, 0.25) is 0 Å². The summed E-state index contributed by atoms with van der Waals surface area (Å²) in [5.41, 5.74) is 1.49. The van der Waals surface area contributed by atoms with E-state index >= 15 is 0 Å². The average molecular weight is 247 g/mol. The predicted octanol–water partition coefficient (Wildman–Crippen LogP) is 3.29. The Hall–Kier alpha value is -0.860. The minimum atomic E-state index is 0.724. The minimum absolute atomic E-state index is 0.724. The van der Waals surface area contributed by atoms with Gasteiger partial charge in [0.05, 0.1) is 6.61 Å². The lowest BCUT2D eigenvalue weighted by Gasteiger charge is -2.16. The maximum Gasteiger partial charge on any atom is 0.0593 e. The fraction of sp³-hybridized carbons (Fsp3) is 0.625. The zero-order chi connectivity index (χ0) is 12.6. The molecular weight excluding hydrogens is 222 g/mol. The third-order valence-corrected chi connectivity index (χ3v) is 3.74. The van der Waals surface area contributed by atoms with Crippen LogP contribution in [0.4, 0.5) is 0 Å². The lowest BCUT2D eigenvalue weighted by molar-refractivity contribution is 0.108. The van der Waals surface area contributed by atoms with Crippen molar-refractivity contribution in [2.24, 2.45) is 0 Å². The average Bonchev–Trinajstić information content (AvgIpc) is 2.88. The van der Waals surface area contributed by atoms with Crippen molar-refractivity contribution < 1.29 is 4.74 Å². The Kier molecular flexibility index (Phi) is 5.69. The van der Waals surface area contributed by atoms with Crippen molar-refractivity contribution in [2.75, 3.05) is 32.8 Å². The van der Waals surface area contributed by atoms with Gasteiger partial charge in [-0.15, -0.1) is 0 Å². The Morgan fingerprint density at radius 1 is 1.22 bits per heavy atom. The number of likely N-dealkylation sites (tertiary alicyclic amines) is 1. The van der Waals surface area contributed by atoms with Gasteiger partial charge in [0.15, 0.2) is 0 Å². The van der Waals surface area contributed by atoms with Crippen LogP contribution in [0.3, 0.4) is 0 Å². The number of hydrogen-bond acceptors (Lipinski definition) is 2. The molecule has 18 heavy (non-hydrogen) atoms. The Bertz CT molecular complexity index is 325. The van der Waals surface area contributed by atoms with Gasteiger partial charge in [-0.05, 0) is 30.9 Å². The van der Waals surface area contributed by atoms with Crippen molar-refractivity contribution in [1.82, 2.24) is 4.90 Å². The maximum absolute atomic E-state index is 5.64. The van der Waals surface area contributed by atoms with Gasteiger partial charge < -0.3 is 9.64 Å². The zero-order valence-electron chi connectivity index (χ0n) is 11.5. The van der Waals surface area contributed by atoms with Crippen molar-refractivity contribution in [3.63, 3.8) is 0 Å². The topological polar surface area (TPSA) is 12.5 Å². The highest BCUT2D eigenvalue weighted by Crippen LogP contribution is 2.26. The normalized spacial score (nSPS) is 20.4. The predicted molar refractivity (Wildman–Crippen MR) is 76.0 cm³/mol. The van der Waals surface area contributed by atoms with Gasteiger partial charge in [-0.1, -0.05) is 43.7 Å². The smallest absolute Gasteiger partial charge is 0.0593 e.